The highest BCUT2D eigenvalue weighted by molar-refractivity contribution is 7.79. The molecule has 1 rings (SSSR count). The van der Waals surface area contributed by atoms with E-state index in [-0.39, 0.29) is 0 Å². The lowest BCUT2D eigenvalue weighted by Gasteiger charge is -2.08. The first-order valence-electron chi connectivity index (χ1n) is 4.48. The molecule has 15 heavy (non-hydrogen) atoms. The van der Waals surface area contributed by atoms with Gasteiger partial charge in [-0.1, -0.05) is 0 Å². The van der Waals surface area contributed by atoms with E-state index in [4.69, 9.17) is 14.0 Å². The third-order valence-electron chi connectivity index (χ3n) is 1.89. The van der Waals surface area contributed by atoms with E-state index in [9.17, 15) is 4.21 Å². The first-order chi connectivity index (χ1) is 7.15. The summed E-state index contributed by atoms with van der Waals surface area (Å²) in [5.41, 5.74) is 0.839. The average molecular weight is 230 g/mol. The van der Waals surface area contributed by atoms with E-state index in [0.717, 1.165) is 5.56 Å². The van der Waals surface area contributed by atoms with Crippen molar-refractivity contribution in [3.63, 3.8) is 0 Å². The molecule has 1 aromatic rings. The molecule has 0 radical (unpaired) electrons. The Bertz CT molecular complexity index is 351. The molecule has 0 aromatic heterocycles. The zero-order valence-electron chi connectivity index (χ0n) is 8.73. The lowest BCUT2D eigenvalue weighted by molar-refractivity contribution is 0.146. The van der Waals surface area contributed by atoms with Crippen molar-refractivity contribution in [2.45, 2.75) is 11.8 Å². The van der Waals surface area contributed by atoms with Crippen LogP contribution in [-0.2, 0) is 15.8 Å². The second kappa shape index (κ2) is 5.85. The molecular formula is C10H14O4S. The van der Waals surface area contributed by atoms with E-state index in [0.29, 0.717) is 23.9 Å². The molecule has 0 aliphatic rings. The van der Waals surface area contributed by atoms with E-state index in [2.05, 4.69) is 0 Å². The third-order valence-corrected chi connectivity index (χ3v) is 2.55. The highest BCUT2D eigenvalue weighted by Crippen LogP contribution is 2.20. The summed E-state index contributed by atoms with van der Waals surface area (Å²) >= 11 is -1.94. The normalized spacial score (nSPS) is 12.5. The predicted molar refractivity (Wildman–Crippen MR) is 57.6 cm³/mol. The summed E-state index contributed by atoms with van der Waals surface area (Å²) in [5, 5.41) is 0. The van der Waals surface area contributed by atoms with Crippen LogP contribution in [0.4, 0.5) is 0 Å². The summed E-state index contributed by atoms with van der Waals surface area (Å²) in [6, 6.07) is 4.90. The molecule has 4 nitrogen and oxygen atoms in total. The fraction of sp³-hybridized carbons (Fsp3) is 0.400. The maximum absolute atomic E-state index is 10.8. The molecule has 0 fully saturated rings. The van der Waals surface area contributed by atoms with Crippen LogP contribution in [0.1, 0.15) is 5.56 Å². The van der Waals surface area contributed by atoms with Crippen LogP contribution >= 0.6 is 0 Å². The topological polar surface area (TPSA) is 55.8 Å². The highest BCUT2D eigenvalue weighted by Gasteiger charge is 2.04. The van der Waals surface area contributed by atoms with Crippen molar-refractivity contribution in [3.05, 3.63) is 23.8 Å². The van der Waals surface area contributed by atoms with Gasteiger partial charge in [-0.15, -0.1) is 0 Å². The van der Waals surface area contributed by atoms with Gasteiger partial charge in [-0.2, -0.15) is 0 Å². The van der Waals surface area contributed by atoms with E-state index in [1.807, 2.05) is 6.92 Å². The number of ether oxygens (including phenoxy) is 2. The van der Waals surface area contributed by atoms with Crippen LogP contribution in [0, 0.1) is 6.92 Å². The van der Waals surface area contributed by atoms with Gasteiger partial charge in [0.05, 0.1) is 11.5 Å². The molecule has 1 atom stereocenters. The molecule has 84 valence electrons. The van der Waals surface area contributed by atoms with Crippen LogP contribution in [-0.4, -0.2) is 29.1 Å². The molecule has 0 amide bonds. The van der Waals surface area contributed by atoms with Gasteiger partial charge in [0.2, 0.25) is 0 Å². The van der Waals surface area contributed by atoms with Gasteiger partial charge in [0, 0.05) is 7.11 Å². The molecule has 5 heteroatoms. The van der Waals surface area contributed by atoms with Crippen LogP contribution in [0.3, 0.4) is 0 Å². The SMILES string of the molecule is COCCOc1ccc(S(=O)O)cc1C. The number of aryl methyl sites for hydroxylation is 1. The Kier molecular flexibility index (Phi) is 4.74. The first-order valence-corrected chi connectivity index (χ1v) is 5.59. The van der Waals surface area contributed by atoms with Gasteiger partial charge in [-0.3, -0.25) is 0 Å². The average Bonchev–Trinajstić information content (AvgIpc) is 2.20. The van der Waals surface area contributed by atoms with Crippen molar-refractivity contribution in [3.8, 4) is 5.75 Å². The molecular weight excluding hydrogens is 216 g/mol. The van der Waals surface area contributed by atoms with Crippen molar-refractivity contribution >= 4 is 11.1 Å². The zero-order chi connectivity index (χ0) is 11.3. The van der Waals surface area contributed by atoms with Gasteiger partial charge in [0.25, 0.3) is 0 Å². The molecule has 0 saturated carbocycles. The van der Waals surface area contributed by atoms with Gasteiger partial charge < -0.3 is 14.0 Å². The van der Waals surface area contributed by atoms with Crippen molar-refractivity contribution in [2.75, 3.05) is 20.3 Å². The number of rotatable bonds is 5. The Hall–Kier alpha value is -0.910. The summed E-state index contributed by atoms with van der Waals surface area (Å²) in [4.78, 5) is 0.381. The van der Waals surface area contributed by atoms with Crippen LogP contribution in [0.25, 0.3) is 0 Å². The Morgan fingerprint density at radius 1 is 1.40 bits per heavy atom. The second-order valence-corrected chi connectivity index (χ2v) is 3.99. The summed E-state index contributed by atoms with van der Waals surface area (Å²) in [6.07, 6.45) is 0. The largest absolute Gasteiger partial charge is 0.491 e. The number of hydrogen-bond donors (Lipinski definition) is 1. The smallest absolute Gasteiger partial charge is 0.186 e. The minimum atomic E-state index is -1.94. The van der Waals surface area contributed by atoms with E-state index >= 15 is 0 Å². The number of hydrogen-bond acceptors (Lipinski definition) is 3. The van der Waals surface area contributed by atoms with Gasteiger partial charge >= 0.3 is 0 Å². The summed E-state index contributed by atoms with van der Waals surface area (Å²) in [7, 11) is 1.61. The zero-order valence-corrected chi connectivity index (χ0v) is 9.54. The molecule has 0 saturated heterocycles. The van der Waals surface area contributed by atoms with Gasteiger partial charge in [0.15, 0.2) is 11.1 Å². The van der Waals surface area contributed by atoms with Crippen molar-refractivity contribution in [1.82, 2.24) is 0 Å². The van der Waals surface area contributed by atoms with Gasteiger partial charge in [-0.05, 0) is 30.7 Å². The van der Waals surface area contributed by atoms with Crippen LogP contribution in [0.15, 0.2) is 23.1 Å². The molecule has 0 bridgehead atoms. The number of methoxy groups -OCH3 is 1. The standard InChI is InChI=1S/C10H14O4S/c1-8-7-9(15(11)12)3-4-10(8)14-6-5-13-2/h3-4,7H,5-6H2,1-2H3,(H,11,12). The monoisotopic (exact) mass is 230 g/mol. The minimum absolute atomic E-state index is 0.381. The summed E-state index contributed by atoms with van der Waals surface area (Å²) in [5.74, 6) is 0.709. The highest BCUT2D eigenvalue weighted by atomic mass is 32.2. The molecule has 1 unspecified atom stereocenters. The maximum atomic E-state index is 10.8. The van der Waals surface area contributed by atoms with Crippen LogP contribution < -0.4 is 4.74 Å². The fourth-order valence-electron chi connectivity index (χ4n) is 1.13. The Morgan fingerprint density at radius 2 is 2.13 bits per heavy atom. The second-order valence-electron chi connectivity index (χ2n) is 3.02. The molecule has 0 aliphatic heterocycles. The molecule has 0 aliphatic carbocycles. The van der Waals surface area contributed by atoms with Crippen molar-refractivity contribution in [1.29, 1.82) is 0 Å². The molecule has 1 aromatic carbocycles. The lowest BCUT2D eigenvalue weighted by atomic mass is 10.2. The Morgan fingerprint density at radius 3 is 2.67 bits per heavy atom. The quantitative estimate of drug-likeness (QED) is 0.616. The van der Waals surface area contributed by atoms with Crippen LogP contribution in [0.5, 0.6) is 5.75 Å². The molecule has 1 N–H and O–H groups in total. The third kappa shape index (κ3) is 3.62. The minimum Gasteiger partial charge on any atom is -0.491 e. The van der Waals surface area contributed by atoms with E-state index in [1.165, 1.54) is 0 Å². The summed E-state index contributed by atoms with van der Waals surface area (Å²) in [6.45, 7) is 2.82. The summed E-state index contributed by atoms with van der Waals surface area (Å²) < 4.78 is 29.9. The molecule has 0 spiro atoms. The Labute approximate surface area is 91.5 Å². The van der Waals surface area contributed by atoms with Crippen LogP contribution in [0.2, 0.25) is 0 Å². The van der Waals surface area contributed by atoms with E-state index < -0.39 is 11.1 Å². The van der Waals surface area contributed by atoms with Gasteiger partial charge in [0.1, 0.15) is 12.4 Å². The van der Waals surface area contributed by atoms with E-state index in [1.54, 1.807) is 25.3 Å². The lowest BCUT2D eigenvalue weighted by Crippen LogP contribution is -2.05. The van der Waals surface area contributed by atoms with Gasteiger partial charge in [-0.25, -0.2) is 4.21 Å². The number of benzene rings is 1. The predicted octanol–water partition coefficient (Wildman–Crippen LogP) is 1.60. The van der Waals surface area contributed by atoms with Crippen molar-refractivity contribution < 1.29 is 18.2 Å². The maximum Gasteiger partial charge on any atom is 0.186 e. The first kappa shape index (κ1) is 12.2. The Balaban J connectivity index is 2.70. The fourth-order valence-corrected chi connectivity index (χ4v) is 1.59. The van der Waals surface area contributed by atoms with Crippen molar-refractivity contribution in [2.24, 2.45) is 0 Å². The molecule has 0 heterocycles.